The Bertz CT molecular complexity index is 535. The fourth-order valence-electron chi connectivity index (χ4n) is 1.49. The van der Waals surface area contributed by atoms with Crippen LogP contribution in [0.2, 0.25) is 5.02 Å². The Morgan fingerprint density at radius 1 is 1.38 bits per heavy atom. The quantitative estimate of drug-likeness (QED) is 0.584. The lowest BCUT2D eigenvalue weighted by atomic mass is 10.1. The van der Waals surface area contributed by atoms with Crippen molar-refractivity contribution < 1.29 is 9.53 Å². The van der Waals surface area contributed by atoms with E-state index >= 15 is 0 Å². The predicted molar refractivity (Wildman–Crippen MR) is 88.4 cm³/mol. The highest BCUT2D eigenvalue weighted by atomic mass is 35.5. The molecule has 0 aromatic heterocycles. The number of hydrogen-bond donors (Lipinski definition) is 3. The van der Waals surface area contributed by atoms with Gasteiger partial charge < -0.3 is 10.1 Å². The average molecular weight is 330 g/mol. The molecule has 0 aliphatic rings. The standard InChI is InChI=1S/C14H20ClN3O2S/c1-5-16-13(21)18-17-12(19)14(3,4)20-10-6-7-11(15)9(2)8-10/h6-8H,5H2,1-4H3,(H,17,19)(H2,16,18,21). The third kappa shape index (κ3) is 5.40. The highest BCUT2D eigenvalue weighted by Gasteiger charge is 2.30. The van der Waals surface area contributed by atoms with Crippen LogP contribution in [-0.4, -0.2) is 23.2 Å². The third-order valence-corrected chi connectivity index (χ3v) is 3.35. The summed E-state index contributed by atoms with van der Waals surface area (Å²) in [5.74, 6) is 0.238. The molecule has 116 valence electrons. The number of nitrogens with one attached hydrogen (secondary N) is 3. The molecule has 5 nitrogen and oxygen atoms in total. The van der Waals surface area contributed by atoms with Crippen LogP contribution in [0.15, 0.2) is 18.2 Å². The zero-order valence-corrected chi connectivity index (χ0v) is 14.1. The summed E-state index contributed by atoms with van der Waals surface area (Å²) >= 11 is 10.9. The number of ether oxygens (including phenoxy) is 1. The summed E-state index contributed by atoms with van der Waals surface area (Å²) in [4.78, 5) is 12.1. The zero-order chi connectivity index (χ0) is 16.0. The van der Waals surface area contributed by atoms with Gasteiger partial charge in [0.2, 0.25) is 0 Å². The highest BCUT2D eigenvalue weighted by Crippen LogP contribution is 2.24. The molecule has 0 spiro atoms. The SMILES string of the molecule is CCNC(=S)NNC(=O)C(C)(C)Oc1ccc(Cl)c(C)c1. The number of rotatable bonds is 4. The van der Waals surface area contributed by atoms with E-state index in [2.05, 4.69) is 16.2 Å². The first-order chi connectivity index (χ1) is 9.76. The number of thiocarbonyl (C=S) groups is 1. The van der Waals surface area contributed by atoms with E-state index < -0.39 is 5.60 Å². The van der Waals surface area contributed by atoms with Crippen LogP contribution in [-0.2, 0) is 4.79 Å². The summed E-state index contributed by atoms with van der Waals surface area (Å²) in [5.41, 5.74) is 4.95. The Balaban J connectivity index is 2.64. The van der Waals surface area contributed by atoms with Crippen molar-refractivity contribution in [3.05, 3.63) is 28.8 Å². The molecule has 0 saturated heterocycles. The third-order valence-electron chi connectivity index (χ3n) is 2.68. The second kappa shape index (κ2) is 7.47. The minimum absolute atomic E-state index is 0.338. The average Bonchev–Trinajstić information content (AvgIpc) is 2.40. The number of carbonyl (C=O) groups excluding carboxylic acids is 1. The number of halogens is 1. The van der Waals surface area contributed by atoms with Crippen molar-refractivity contribution in [2.75, 3.05) is 6.54 Å². The van der Waals surface area contributed by atoms with Crippen molar-refractivity contribution in [1.29, 1.82) is 0 Å². The lowest BCUT2D eigenvalue weighted by molar-refractivity contribution is -0.134. The van der Waals surface area contributed by atoms with E-state index in [1.54, 1.807) is 32.0 Å². The molecule has 0 aliphatic heterocycles. The lowest BCUT2D eigenvalue weighted by Crippen LogP contribution is -2.54. The Kier molecular flexibility index (Phi) is 6.23. The molecular formula is C14H20ClN3O2S. The van der Waals surface area contributed by atoms with E-state index in [-0.39, 0.29) is 5.91 Å². The van der Waals surface area contributed by atoms with Crippen LogP contribution < -0.4 is 20.9 Å². The normalized spacial score (nSPS) is 10.7. The number of hydrazine groups is 1. The molecular weight excluding hydrogens is 310 g/mol. The number of amides is 1. The van der Waals surface area contributed by atoms with Gasteiger partial charge in [-0.25, -0.2) is 0 Å². The Morgan fingerprint density at radius 2 is 2.05 bits per heavy atom. The second-order valence-electron chi connectivity index (χ2n) is 4.96. The van der Waals surface area contributed by atoms with E-state index in [0.29, 0.717) is 22.4 Å². The number of carbonyl (C=O) groups is 1. The molecule has 0 atom stereocenters. The first-order valence-electron chi connectivity index (χ1n) is 6.55. The molecule has 0 aliphatic carbocycles. The van der Waals surface area contributed by atoms with Crippen LogP contribution in [0.5, 0.6) is 5.75 Å². The first kappa shape index (κ1) is 17.5. The van der Waals surface area contributed by atoms with Gasteiger partial charge in [-0.3, -0.25) is 15.6 Å². The van der Waals surface area contributed by atoms with Gasteiger partial charge in [-0.1, -0.05) is 11.6 Å². The van der Waals surface area contributed by atoms with Crippen molar-refractivity contribution in [1.82, 2.24) is 16.2 Å². The molecule has 3 N–H and O–H groups in total. The van der Waals surface area contributed by atoms with Crippen LogP contribution in [0.4, 0.5) is 0 Å². The monoisotopic (exact) mass is 329 g/mol. The molecule has 0 fully saturated rings. The van der Waals surface area contributed by atoms with Crippen molar-refractivity contribution in [3.8, 4) is 5.75 Å². The predicted octanol–water partition coefficient (Wildman–Crippen LogP) is 2.32. The van der Waals surface area contributed by atoms with Gasteiger partial charge in [-0.2, -0.15) is 0 Å². The van der Waals surface area contributed by atoms with E-state index in [4.69, 9.17) is 28.6 Å². The molecule has 0 unspecified atom stereocenters. The first-order valence-corrected chi connectivity index (χ1v) is 7.34. The largest absolute Gasteiger partial charge is 0.478 e. The molecule has 21 heavy (non-hydrogen) atoms. The van der Waals surface area contributed by atoms with Crippen molar-refractivity contribution in [3.63, 3.8) is 0 Å². The van der Waals surface area contributed by atoms with Gasteiger partial charge in [0.1, 0.15) is 5.75 Å². The minimum Gasteiger partial charge on any atom is -0.478 e. The van der Waals surface area contributed by atoms with Crippen molar-refractivity contribution in [2.24, 2.45) is 0 Å². The van der Waals surface area contributed by atoms with Gasteiger partial charge in [0, 0.05) is 11.6 Å². The Labute approximate surface area is 135 Å². The maximum Gasteiger partial charge on any atom is 0.281 e. The minimum atomic E-state index is -1.06. The summed E-state index contributed by atoms with van der Waals surface area (Å²) < 4.78 is 5.72. The Morgan fingerprint density at radius 3 is 2.62 bits per heavy atom. The van der Waals surface area contributed by atoms with E-state index in [9.17, 15) is 4.79 Å². The maximum atomic E-state index is 12.1. The molecule has 7 heteroatoms. The van der Waals surface area contributed by atoms with Gasteiger partial charge in [0.25, 0.3) is 5.91 Å². The van der Waals surface area contributed by atoms with Gasteiger partial charge in [0.05, 0.1) is 0 Å². The fourth-order valence-corrected chi connectivity index (χ4v) is 1.80. The van der Waals surface area contributed by atoms with Crippen LogP contribution in [0.25, 0.3) is 0 Å². The number of aryl methyl sites for hydroxylation is 1. The molecule has 1 amide bonds. The molecule has 1 rings (SSSR count). The summed E-state index contributed by atoms with van der Waals surface area (Å²) in [7, 11) is 0. The van der Waals surface area contributed by atoms with E-state index in [0.717, 1.165) is 5.56 Å². The summed E-state index contributed by atoms with van der Waals surface area (Å²) in [6.07, 6.45) is 0. The van der Waals surface area contributed by atoms with E-state index in [1.165, 1.54) is 0 Å². The smallest absolute Gasteiger partial charge is 0.281 e. The highest BCUT2D eigenvalue weighted by molar-refractivity contribution is 7.80. The van der Waals surface area contributed by atoms with Gasteiger partial charge >= 0.3 is 0 Å². The van der Waals surface area contributed by atoms with Crippen LogP contribution in [0.1, 0.15) is 26.3 Å². The number of benzene rings is 1. The number of hydrogen-bond acceptors (Lipinski definition) is 3. The molecule has 1 aromatic carbocycles. The van der Waals surface area contributed by atoms with Crippen molar-refractivity contribution in [2.45, 2.75) is 33.3 Å². The second-order valence-corrected chi connectivity index (χ2v) is 5.78. The molecule has 0 saturated carbocycles. The summed E-state index contributed by atoms with van der Waals surface area (Å²) in [6, 6.07) is 5.24. The lowest BCUT2D eigenvalue weighted by Gasteiger charge is -2.26. The van der Waals surface area contributed by atoms with E-state index in [1.807, 2.05) is 13.8 Å². The van der Waals surface area contributed by atoms with Gasteiger partial charge in [-0.05, 0) is 63.7 Å². The fraction of sp³-hybridized carbons (Fsp3) is 0.429. The summed E-state index contributed by atoms with van der Waals surface area (Å²) in [6.45, 7) is 7.80. The molecule has 1 aromatic rings. The van der Waals surface area contributed by atoms with Gasteiger partial charge in [0.15, 0.2) is 10.7 Å². The Hall–Kier alpha value is -1.53. The van der Waals surface area contributed by atoms with Crippen LogP contribution in [0.3, 0.4) is 0 Å². The van der Waals surface area contributed by atoms with Gasteiger partial charge in [-0.15, -0.1) is 0 Å². The molecule has 0 heterocycles. The van der Waals surface area contributed by atoms with Crippen LogP contribution >= 0.6 is 23.8 Å². The maximum absolute atomic E-state index is 12.1. The van der Waals surface area contributed by atoms with Crippen molar-refractivity contribution >= 4 is 34.8 Å². The summed E-state index contributed by atoms with van der Waals surface area (Å²) in [5, 5.41) is 3.87. The zero-order valence-electron chi connectivity index (χ0n) is 12.5. The topological polar surface area (TPSA) is 62.4 Å². The molecule has 0 radical (unpaired) electrons. The van der Waals surface area contributed by atoms with Crippen LogP contribution in [0, 0.1) is 6.92 Å². The molecule has 0 bridgehead atoms.